The summed E-state index contributed by atoms with van der Waals surface area (Å²) in [7, 11) is 5.04. The lowest BCUT2D eigenvalue weighted by molar-refractivity contribution is -0.149. The van der Waals surface area contributed by atoms with Crippen molar-refractivity contribution >= 4 is 152 Å². The predicted octanol–water partition coefficient (Wildman–Crippen LogP) is -2.84. The summed E-state index contributed by atoms with van der Waals surface area (Å²) in [5.41, 5.74) is 19.8. The molecule has 5 heterocycles. The molecule has 137 heavy (non-hydrogen) atoms. The van der Waals surface area contributed by atoms with E-state index in [2.05, 4.69) is 83.7 Å². The normalized spacial score (nSPS) is 22.9. The fraction of sp³-hybridized carbons (Fsp3) is 0.500. The molecule has 8 rings (SSSR count). The Labute approximate surface area is 794 Å². The number of carboxylic acid groups (broad SMARTS) is 2. The van der Waals surface area contributed by atoms with Gasteiger partial charge in [-0.15, -0.1) is 11.8 Å². The molecule has 13 atom stereocenters. The van der Waals surface area contributed by atoms with Crippen molar-refractivity contribution in [1.82, 2.24) is 108 Å². The third-order valence-electron chi connectivity index (χ3n) is 23.6. The second kappa shape index (κ2) is 52.8. The molecule has 2 fully saturated rings. The van der Waals surface area contributed by atoms with Crippen molar-refractivity contribution < 1.29 is 96.5 Å². The van der Waals surface area contributed by atoms with Gasteiger partial charge in [0.15, 0.2) is 11.9 Å². The molecular weight excluding hydrogens is 1800 g/mol. The molecule has 2 aliphatic heterocycles. The predicted molar refractivity (Wildman–Crippen MR) is 503 cm³/mol. The average Bonchev–Trinajstić information content (AvgIpc) is 1.80. The number of carbonyl (C=O) groups excluding carboxylic acids is 16. The molecule has 47 heteroatoms. The van der Waals surface area contributed by atoms with Crippen LogP contribution in [-0.4, -0.2) is 324 Å². The number of nitrogens with zero attached hydrogens (tertiary/aromatic N) is 6. The molecule has 0 radical (unpaired) electrons. The van der Waals surface area contributed by atoms with E-state index in [9.17, 15) is 63.0 Å². The Balaban J connectivity index is 1.21. The van der Waals surface area contributed by atoms with Crippen LogP contribution in [0.25, 0.3) is 21.8 Å². The molecule has 0 unspecified atom stereocenters. The maximum absolute atomic E-state index is 15.9. The van der Waals surface area contributed by atoms with Crippen molar-refractivity contribution in [3.8, 4) is 0 Å². The van der Waals surface area contributed by atoms with E-state index >= 15 is 33.6 Å². The van der Waals surface area contributed by atoms with Crippen LogP contribution in [0, 0.1) is 10.8 Å². The average molecular weight is 1920 g/mol. The van der Waals surface area contributed by atoms with E-state index in [-0.39, 0.29) is 109 Å². The largest absolute Gasteiger partial charge is 0.481 e. The Hall–Kier alpha value is -14.7. The van der Waals surface area contributed by atoms with E-state index in [0.29, 0.717) is 69.5 Å². The van der Waals surface area contributed by atoms with Gasteiger partial charge in [-0.3, -0.25) is 97.1 Å². The van der Waals surface area contributed by atoms with E-state index in [0.717, 1.165) is 24.5 Å². The van der Waals surface area contributed by atoms with Crippen molar-refractivity contribution in [2.75, 3.05) is 72.4 Å². The first-order valence-corrected chi connectivity index (χ1v) is 46.3. The Morgan fingerprint density at radius 3 is 1.57 bits per heavy atom. The zero-order valence-electron chi connectivity index (χ0n) is 77.6. The van der Waals surface area contributed by atoms with Crippen LogP contribution >= 0.6 is 11.8 Å². The summed E-state index contributed by atoms with van der Waals surface area (Å²) < 4.78 is 0. The monoisotopic (exact) mass is 1920 g/mol. The number of aliphatic carboxylic acids is 2. The van der Waals surface area contributed by atoms with Gasteiger partial charge < -0.3 is 131 Å². The highest BCUT2D eigenvalue weighted by Crippen LogP contribution is 2.26. The van der Waals surface area contributed by atoms with Crippen molar-refractivity contribution in [3.05, 3.63) is 126 Å². The molecule has 3 aromatic carbocycles. The number of amides is 16. The summed E-state index contributed by atoms with van der Waals surface area (Å²) in [6.07, 6.45) is 3.61. The van der Waals surface area contributed by atoms with E-state index in [1.165, 1.54) is 47.6 Å². The number of primary amides is 1. The first-order valence-electron chi connectivity index (χ1n) is 45.2. The molecule has 3 aromatic heterocycles. The van der Waals surface area contributed by atoms with Crippen molar-refractivity contribution in [2.24, 2.45) is 17.2 Å². The molecule has 46 nitrogen and oxygen atoms in total. The van der Waals surface area contributed by atoms with E-state index in [4.69, 9.17) is 28.0 Å². The summed E-state index contributed by atoms with van der Waals surface area (Å²) in [5.74, 6) is -20.9. The summed E-state index contributed by atoms with van der Waals surface area (Å²) >= 11 is 0.699. The Bertz CT molecular complexity index is 5290. The van der Waals surface area contributed by atoms with Crippen molar-refractivity contribution in [3.63, 3.8) is 0 Å². The Morgan fingerprint density at radius 1 is 0.489 bits per heavy atom. The molecule has 2 aliphatic rings. The number of nitrogens with one attached hydrogen (secondary N) is 17. The number of hydrogen-bond acceptors (Lipinski definition) is 22. The molecule has 2 saturated heterocycles. The number of thioether (sulfide) groups is 1. The van der Waals surface area contributed by atoms with Crippen LogP contribution in [0.1, 0.15) is 133 Å². The van der Waals surface area contributed by atoms with Crippen molar-refractivity contribution in [2.45, 2.75) is 215 Å². The number of rotatable bonds is 29. The molecule has 25 N–H and O–H groups in total. The third-order valence-corrected chi connectivity index (χ3v) is 24.6. The topological polar surface area (TPSA) is 694 Å². The number of aromatic nitrogens is 4. The van der Waals surface area contributed by atoms with Gasteiger partial charge in [-0.2, -0.15) is 0 Å². The fourth-order valence-electron chi connectivity index (χ4n) is 16.1. The van der Waals surface area contributed by atoms with Gasteiger partial charge >= 0.3 is 11.9 Å². The highest BCUT2D eigenvalue weighted by Gasteiger charge is 2.44. The highest BCUT2D eigenvalue weighted by atomic mass is 32.2. The number of H-pyrrole nitrogens is 3. The van der Waals surface area contributed by atoms with Gasteiger partial charge in [0.25, 0.3) is 0 Å². The molecule has 0 saturated carbocycles. The summed E-state index contributed by atoms with van der Waals surface area (Å²) in [6.45, 7) is 3.06. The molecule has 16 amide bonds. The van der Waals surface area contributed by atoms with Crippen LogP contribution in [0.15, 0.2) is 104 Å². The number of para-hydroxylation sites is 2. The second-order valence-corrected chi connectivity index (χ2v) is 34.9. The minimum atomic E-state index is -2.02. The zero-order valence-corrected chi connectivity index (χ0v) is 78.4. The second-order valence-electron chi connectivity index (χ2n) is 33.9. The minimum absolute atomic E-state index is 0.0126. The van der Waals surface area contributed by atoms with Crippen LogP contribution in [0.3, 0.4) is 0 Å². The number of carboxylic acids is 2. The van der Waals surface area contributed by atoms with Crippen LogP contribution < -0.4 is 81.0 Å². The lowest BCUT2D eigenvalue weighted by Crippen LogP contribution is -2.61. The van der Waals surface area contributed by atoms with Gasteiger partial charge in [0.1, 0.15) is 78.5 Å². The molecule has 6 aromatic rings. The van der Waals surface area contributed by atoms with Crippen LogP contribution in [0.5, 0.6) is 0 Å². The summed E-state index contributed by atoms with van der Waals surface area (Å²) in [5, 5.41) is 68.9. The number of likely N-dealkylation sites (N-methyl/N-ethyl adjacent to an activating group) is 4. The number of carbonyl (C=O) groups is 18. The number of aromatic amines is 3. The standard InChI is InChI=1S/C90H126N26O20S/c1-8-10-30-68-82(130)108-63(40-74(120)121)81(129)111-67(77(125)101-45-71(91)117)47-137-48-73(119)104-64(36-51-22-13-12-14-23-51)85(133)113(5)50(3)76(124)109-66(41-75(122)123)87(135)116-35-21-32-69(116)83(131)107-62(39-54-44-96-49-102-54)80(128)106-60(29-20-34-98-90(94)95)84(132)112(4)46-72(118)103-61(37-52-42-99-57-26-17-15-24-55(52)57)79(127)105-59(28-19-33-97-89(92)93)78(126)110-65(38-53-43-100-58-27-18-16-25-56(53)58)86(134)115(7)70(31-11-9-2)88(136)114(68)6/h12-18,22-27,42-44,49-50,59-70,99-100H,8-11,19-21,28-41,45-48H2,1-7H3,(H2,91,117)(H,96,102)(H,101,125)(H,103,118)(H,104,119)(H,105,127)(H,106,128)(H,107,131)(H,108,130)(H,109,124)(H,110,126)(H,111,129)(H,120,121)(H,122,123)(H4,92,93,97)(H4,94,95,98)/t50-,59-,60-,61-,62-,63-,64-,65-,66-,67-,68-,69-,70-/m0/s1. The Kier molecular flexibility index (Phi) is 41.5. The first kappa shape index (κ1) is 108. The van der Waals surface area contributed by atoms with Crippen LogP contribution in [0.2, 0.25) is 0 Å². The van der Waals surface area contributed by atoms with E-state index in [1.54, 1.807) is 98.2 Å². The number of benzene rings is 3. The molecule has 0 spiro atoms. The van der Waals surface area contributed by atoms with Gasteiger partial charge in [0.05, 0.1) is 38.0 Å². The first-order chi connectivity index (χ1) is 65.3. The number of unbranched alkanes of at least 4 members (excludes halogenated alkanes) is 2. The van der Waals surface area contributed by atoms with E-state index in [1.807, 2.05) is 6.92 Å². The van der Waals surface area contributed by atoms with Crippen molar-refractivity contribution in [1.29, 1.82) is 10.8 Å². The van der Waals surface area contributed by atoms with Gasteiger partial charge in [0.2, 0.25) is 94.5 Å². The number of nitrogens with two attached hydrogens (primary N) is 3. The molecule has 742 valence electrons. The smallest absolute Gasteiger partial charge is 0.305 e. The number of guanidine groups is 2. The lowest BCUT2D eigenvalue weighted by Gasteiger charge is -2.36. The lowest BCUT2D eigenvalue weighted by atomic mass is 9.99. The highest BCUT2D eigenvalue weighted by molar-refractivity contribution is 8.00. The maximum Gasteiger partial charge on any atom is 0.305 e. The summed E-state index contributed by atoms with van der Waals surface area (Å²) in [4.78, 5) is 280. The van der Waals surface area contributed by atoms with Gasteiger partial charge in [-0.05, 0) is 87.1 Å². The SMILES string of the molecule is CCCC[C@H]1C(=O)N(C)[C@@H](CCCC)C(=O)N[C@@H](CC(=O)O)C(=O)N[C@H](C(=O)NCC(N)=O)CSCC(=O)N[C@@H](Cc2ccccc2)C(=O)N(C)[C@@H](C)C(=O)N[C@@H](CC(=O)O)C(=O)N2CCC[C@H]2C(=O)N[C@@H](Cc2cnc[nH]2)C(=O)N[C@@H](CCCNC(=N)N)C(=O)N(C)CC(=O)N[C@@H](Cc2c[nH]c3ccccc23)C(=O)N[C@@H](CCCNC(=N)N)C(=O)N[C@@H](Cc2c[nH]c3ccccc23)C(=O)N1C. The fourth-order valence-corrected chi connectivity index (χ4v) is 16.9. The molecule has 0 aliphatic carbocycles. The quantitative estimate of drug-likeness (QED) is 0.0128. The maximum atomic E-state index is 15.9. The molecular formula is C90H126N26O20S. The third kappa shape index (κ3) is 32.3. The Morgan fingerprint density at radius 2 is 0.985 bits per heavy atom. The van der Waals surface area contributed by atoms with Gasteiger partial charge in [-0.1, -0.05) is 106 Å². The number of imidazole rings is 1. The van der Waals surface area contributed by atoms with Crippen LogP contribution in [-0.2, 0) is 112 Å². The number of fused-ring (bicyclic) bond motifs is 3. The van der Waals surface area contributed by atoms with E-state index < -0.39 is 234 Å². The minimum Gasteiger partial charge on any atom is -0.481 e. The zero-order chi connectivity index (χ0) is 100. The molecule has 0 bridgehead atoms. The van der Waals surface area contributed by atoms with Gasteiger partial charge in [-0.25, -0.2) is 4.98 Å². The van der Waals surface area contributed by atoms with Gasteiger partial charge in [0, 0.05) is 125 Å². The number of hydrogen-bond donors (Lipinski definition) is 22. The summed E-state index contributed by atoms with van der Waals surface area (Å²) in [6, 6.07) is 1.35. The van der Waals surface area contributed by atoms with Crippen LogP contribution in [0.4, 0.5) is 0 Å².